The standard InChI is InChI=1S/C19H25FN8O2.C19H22N8O2.C19H24N8.C15H14N6O2/c1-11(2)6-12(9-29)24-16-8-17(23-10-22-16)28-18(21)26-19(27-28)25-15-5-4-13(30-3)7-14(15)20;1-25-6-8-26(9-7-25)17-11-14(4-5-21-17)27-19(23-18(20)24-27)22-13-2-3-15-16(10-13)29-12-28-15;1-25-10-12-26(13-11-25)14-15-5-7-16(8-6-15)22-19-23-18(20)27(24-19)17-4-2-3-9-21-17;16-14-19-15(20-21(14)12-6-1-2-7-17-12)18-10-4-3-5-11-13(10)23-9-8-22-11/h4-5,7-8,10-12,29H,6,9H2,1-3H3,(H,22,23,24)(H3,21,25,26,27);2-5,10-11H,6-9,12H2,1H3,(H3,20,22,23,24);2-9H,10-14H2,1H3,(H3,20,22,23,24);1-7H,8-9H2,(H3,16,18,19,20)/t12-;;;/m1.../s1. The Morgan fingerprint density at radius 2 is 1.17 bits per heavy atom. The maximum Gasteiger partial charge on any atom is 0.249 e. The van der Waals surface area contributed by atoms with E-state index in [0.29, 0.717) is 89.2 Å². The maximum absolute atomic E-state index is 14.2. The number of nitrogens with zero attached hydrogens (tertiary/aromatic N) is 21. The zero-order valence-electron chi connectivity index (χ0n) is 60.6. The van der Waals surface area contributed by atoms with Crippen LogP contribution in [0.15, 0.2) is 158 Å². The lowest BCUT2D eigenvalue weighted by atomic mass is 10.0. The van der Waals surface area contributed by atoms with Crippen molar-refractivity contribution in [2.24, 2.45) is 5.92 Å². The topological polar surface area (TPSA) is 431 Å². The molecule has 4 aromatic carbocycles. The molecule has 12 heterocycles. The number of fused-ring (bicyclic) bond motifs is 2. The molecule has 0 radical (unpaired) electrons. The van der Waals surface area contributed by atoms with E-state index in [2.05, 4.69) is 152 Å². The molecule has 1 atom stereocenters. The molecule has 8 aromatic heterocycles. The Kier molecular flexibility index (Phi) is 23.6. The van der Waals surface area contributed by atoms with Gasteiger partial charge in [-0.1, -0.05) is 44.2 Å². The quantitative estimate of drug-likeness (QED) is 0.0337. The van der Waals surface area contributed by atoms with E-state index in [-0.39, 0.29) is 48.9 Å². The third-order valence-corrected chi connectivity index (χ3v) is 17.3. The number of pyridine rings is 3. The first-order chi connectivity index (χ1) is 53.0. The van der Waals surface area contributed by atoms with Crippen LogP contribution in [0, 0.1) is 11.7 Å². The summed E-state index contributed by atoms with van der Waals surface area (Å²) >= 11 is 0. The normalized spacial score (nSPS) is 14.3. The number of piperazine rings is 2. The van der Waals surface area contributed by atoms with Gasteiger partial charge in [0.25, 0.3) is 0 Å². The van der Waals surface area contributed by atoms with Crippen molar-refractivity contribution >= 4 is 82.0 Å². The number of methoxy groups -OCH3 is 1. The summed E-state index contributed by atoms with van der Waals surface area (Å²) in [6.07, 6.45) is 7.29. The smallest absolute Gasteiger partial charge is 0.249 e. The lowest BCUT2D eigenvalue weighted by molar-refractivity contribution is 0.148. The van der Waals surface area contributed by atoms with E-state index in [1.54, 1.807) is 41.5 Å². The molecule has 4 aliphatic heterocycles. The van der Waals surface area contributed by atoms with Crippen molar-refractivity contribution in [2.45, 2.75) is 32.9 Å². The highest BCUT2D eigenvalue weighted by molar-refractivity contribution is 5.69. The molecule has 36 nitrogen and oxygen atoms in total. The monoisotopic (exact) mass is 1480 g/mol. The van der Waals surface area contributed by atoms with Crippen molar-refractivity contribution < 1.29 is 33.2 Å². The molecule has 4 aliphatic rings. The van der Waals surface area contributed by atoms with Gasteiger partial charge in [-0.15, -0.1) is 20.4 Å². The summed E-state index contributed by atoms with van der Waals surface area (Å²) in [4.78, 5) is 47.7. The van der Waals surface area contributed by atoms with Crippen LogP contribution in [0.2, 0.25) is 0 Å². The minimum atomic E-state index is -0.516. The fraction of sp³-hybridized carbons (Fsp3) is 0.292. The number of para-hydroxylation sites is 1. The van der Waals surface area contributed by atoms with Crippen LogP contribution in [0.25, 0.3) is 23.1 Å². The maximum atomic E-state index is 14.2. The number of hydrogen-bond acceptors (Lipinski definition) is 32. The van der Waals surface area contributed by atoms with Gasteiger partial charge in [0.2, 0.25) is 54.4 Å². The highest BCUT2D eigenvalue weighted by Crippen LogP contribution is 2.39. The predicted octanol–water partition coefficient (Wildman–Crippen LogP) is 7.31. The van der Waals surface area contributed by atoms with E-state index in [0.717, 1.165) is 99.6 Å². The van der Waals surface area contributed by atoms with E-state index in [4.69, 9.17) is 46.6 Å². The van der Waals surface area contributed by atoms with Crippen LogP contribution < -0.4 is 78.1 Å². The number of aliphatic hydroxyl groups excluding tert-OH is 1. The van der Waals surface area contributed by atoms with Crippen LogP contribution in [0.3, 0.4) is 0 Å². The molecule has 0 saturated carbocycles. The Morgan fingerprint density at radius 3 is 1.82 bits per heavy atom. The van der Waals surface area contributed by atoms with Crippen molar-refractivity contribution in [1.29, 1.82) is 0 Å². The largest absolute Gasteiger partial charge is 0.497 e. The summed E-state index contributed by atoms with van der Waals surface area (Å²) in [6, 6.07) is 40.4. The van der Waals surface area contributed by atoms with Crippen molar-refractivity contribution in [3.05, 3.63) is 170 Å². The molecular weight excluding hydrogens is 1400 g/mol. The summed E-state index contributed by atoms with van der Waals surface area (Å²) < 4.78 is 47.1. The molecule has 37 heteroatoms. The Bertz CT molecular complexity index is 4960. The SMILES string of the molecule is CN1CCN(Cc2ccc(Nc3nc(N)n(-c4ccccn4)n3)cc2)CC1.CN1CCN(c2cc(-n3nc(N)nc3Nc3ccc4c(c3)OCO4)ccn2)CC1.COc1ccc(Nc2nc(N)n(-c3cc(N[C@@H](CO)CC(C)C)ncn3)n2)c(F)c1.Nc1nc(Nc2cccc3c2OCCO3)nn1-c1ccccn1. The Balaban J connectivity index is 0.000000128. The van der Waals surface area contributed by atoms with Gasteiger partial charge in [-0.2, -0.15) is 38.7 Å². The zero-order valence-corrected chi connectivity index (χ0v) is 60.6. The molecule has 14 N–H and O–H groups in total. The van der Waals surface area contributed by atoms with Gasteiger partial charge in [0, 0.05) is 113 Å². The number of anilines is 14. The van der Waals surface area contributed by atoms with Crippen LogP contribution in [0.5, 0.6) is 28.7 Å². The Labute approximate surface area is 626 Å². The Morgan fingerprint density at radius 1 is 0.532 bits per heavy atom. The molecule has 0 aliphatic carbocycles. The van der Waals surface area contributed by atoms with Crippen molar-refractivity contribution in [2.75, 3.05) is 155 Å². The molecule has 566 valence electrons. The lowest BCUT2D eigenvalue weighted by Crippen LogP contribution is -2.44. The number of benzene rings is 4. The molecule has 2 saturated heterocycles. The lowest BCUT2D eigenvalue weighted by Gasteiger charge is -2.33. The van der Waals surface area contributed by atoms with E-state index < -0.39 is 5.82 Å². The third kappa shape index (κ3) is 19.2. The summed E-state index contributed by atoms with van der Waals surface area (Å²) in [7, 11) is 5.77. The van der Waals surface area contributed by atoms with Gasteiger partial charge in [0.15, 0.2) is 40.5 Å². The van der Waals surface area contributed by atoms with Gasteiger partial charge >= 0.3 is 0 Å². The number of nitrogens with one attached hydrogen (secondary N) is 5. The fourth-order valence-corrected chi connectivity index (χ4v) is 11.8. The second-order valence-corrected chi connectivity index (χ2v) is 25.8. The van der Waals surface area contributed by atoms with E-state index in [1.165, 1.54) is 45.2 Å². The summed E-state index contributed by atoms with van der Waals surface area (Å²) in [5, 5.41) is 42.4. The first-order valence-electron chi connectivity index (χ1n) is 35.1. The zero-order chi connectivity index (χ0) is 75.8. The Hall–Kier alpha value is -13.3. The molecule has 0 spiro atoms. The highest BCUT2D eigenvalue weighted by atomic mass is 19.1. The van der Waals surface area contributed by atoms with Crippen molar-refractivity contribution in [3.63, 3.8) is 0 Å². The van der Waals surface area contributed by atoms with Crippen molar-refractivity contribution in [3.8, 4) is 51.9 Å². The van der Waals surface area contributed by atoms with Gasteiger partial charge in [-0.25, -0.2) is 29.3 Å². The number of halogens is 1. The number of aliphatic hydroxyl groups is 1. The van der Waals surface area contributed by atoms with E-state index in [9.17, 15) is 9.50 Å². The number of nitrogen functional groups attached to an aromatic ring is 4. The number of nitrogens with two attached hydrogens (primary N) is 4. The summed E-state index contributed by atoms with van der Waals surface area (Å²) in [5.74, 6) is 8.31. The van der Waals surface area contributed by atoms with Gasteiger partial charge in [0.1, 0.15) is 42.7 Å². The number of likely N-dealkylation sites (N-methyl/N-ethyl adjacent to an activating group) is 2. The van der Waals surface area contributed by atoms with Crippen LogP contribution in [0.1, 0.15) is 25.8 Å². The molecule has 12 aromatic rings. The second-order valence-electron chi connectivity index (χ2n) is 25.8. The van der Waals surface area contributed by atoms with Gasteiger partial charge < -0.3 is 93.0 Å². The minimum Gasteiger partial charge on any atom is -0.497 e. The minimum absolute atomic E-state index is 0.0233. The molecular formula is C72H85FN30O6. The average molecular weight is 1490 g/mol. The first kappa shape index (κ1) is 74.0. The van der Waals surface area contributed by atoms with Crippen LogP contribution in [-0.4, -0.2) is 210 Å². The van der Waals surface area contributed by atoms with Crippen LogP contribution >= 0.6 is 0 Å². The number of ether oxygens (including phenoxy) is 5. The van der Waals surface area contributed by atoms with Crippen molar-refractivity contribution in [1.82, 2.24) is 98.7 Å². The molecule has 0 amide bonds. The predicted molar refractivity (Wildman–Crippen MR) is 411 cm³/mol. The van der Waals surface area contributed by atoms with Gasteiger partial charge in [-0.3, -0.25) is 4.90 Å². The highest BCUT2D eigenvalue weighted by Gasteiger charge is 2.23. The fourth-order valence-electron chi connectivity index (χ4n) is 11.8. The number of aromatic nitrogens is 17. The first-order valence-corrected chi connectivity index (χ1v) is 35.1. The average Bonchev–Trinajstić information content (AvgIpc) is 1.73. The molecule has 16 rings (SSSR count). The van der Waals surface area contributed by atoms with E-state index >= 15 is 0 Å². The van der Waals surface area contributed by atoms with E-state index in [1.807, 2.05) is 91.0 Å². The summed E-state index contributed by atoms with van der Waals surface area (Å²) in [6.45, 7) is 14.8. The number of hydrogen-bond donors (Lipinski definition) is 10. The molecule has 0 bridgehead atoms. The molecule has 2 fully saturated rings. The number of rotatable bonds is 21. The molecule has 0 unspecified atom stereocenters. The van der Waals surface area contributed by atoms with Crippen LogP contribution in [0.4, 0.5) is 86.4 Å². The second kappa shape index (κ2) is 34.8. The van der Waals surface area contributed by atoms with Crippen LogP contribution in [-0.2, 0) is 6.54 Å². The third-order valence-electron chi connectivity index (χ3n) is 17.3. The molecule has 109 heavy (non-hydrogen) atoms. The summed E-state index contributed by atoms with van der Waals surface area (Å²) in [5.41, 5.74) is 28.5. The van der Waals surface area contributed by atoms with Gasteiger partial charge in [0.05, 0.1) is 36.8 Å². The van der Waals surface area contributed by atoms with Gasteiger partial charge in [-0.05, 0) is 111 Å².